The first-order chi connectivity index (χ1) is 6.70. The van der Waals surface area contributed by atoms with Crippen LogP contribution in [0.5, 0.6) is 0 Å². The van der Waals surface area contributed by atoms with Crippen LogP contribution in [0.15, 0.2) is 0 Å². The molecule has 2 unspecified atom stereocenters. The third-order valence-corrected chi connectivity index (χ3v) is 3.69. The third-order valence-electron chi connectivity index (χ3n) is 2.75. The predicted molar refractivity (Wildman–Crippen MR) is 53.1 cm³/mol. The van der Waals surface area contributed by atoms with Gasteiger partial charge in [0.1, 0.15) is 0 Å². The van der Waals surface area contributed by atoms with Gasteiger partial charge in [0.2, 0.25) is 5.91 Å². The molecule has 2 fully saturated rings. The Morgan fingerprint density at radius 2 is 1.86 bits per heavy atom. The summed E-state index contributed by atoms with van der Waals surface area (Å²) in [5.74, 6) is 0.562. The van der Waals surface area contributed by atoms with Crippen LogP contribution in [0.2, 0.25) is 0 Å². The summed E-state index contributed by atoms with van der Waals surface area (Å²) < 4.78 is 0. The maximum Gasteiger partial charge on any atom is 0.307 e. The minimum atomic E-state index is -0.824. The summed E-state index contributed by atoms with van der Waals surface area (Å²) in [4.78, 5) is 24.1. The molecule has 0 spiro atoms. The summed E-state index contributed by atoms with van der Waals surface area (Å²) in [6.45, 7) is 1.57. The zero-order chi connectivity index (χ0) is 10.1. The number of aliphatic carboxylic acids is 1. The number of amides is 1. The van der Waals surface area contributed by atoms with E-state index in [-0.39, 0.29) is 11.8 Å². The van der Waals surface area contributed by atoms with Crippen LogP contribution in [0, 0.1) is 11.8 Å². The van der Waals surface area contributed by atoms with Crippen LogP contribution in [-0.2, 0) is 9.59 Å². The van der Waals surface area contributed by atoms with Crippen LogP contribution >= 0.6 is 11.8 Å². The Morgan fingerprint density at radius 3 is 2.36 bits per heavy atom. The van der Waals surface area contributed by atoms with Crippen molar-refractivity contribution in [2.45, 2.75) is 6.42 Å². The molecule has 2 rings (SSSR count). The van der Waals surface area contributed by atoms with E-state index in [0.717, 1.165) is 24.6 Å². The molecule has 2 atom stereocenters. The van der Waals surface area contributed by atoms with Crippen molar-refractivity contribution in [3.8, 4) is 0 Å². The van der Waals surface area contributed by atoms with Gasteiger partial charge in [-0.3, -0.25) is 9.59 Å². The van der Waals surface area contributed by atoms with Crippen LogP contribution in [0.4, 0.5) is 0 Å². The van der Waals surface area contributed by atoms with Gasteiger partial charge in [0.15, 0.2) is 0 Å². The van der Waals surface area contributed by atoms with Gasteiger partial charge in [-0.2, -0.15) is 11.8 Å². The fourth-order valence-electron chi connectivity index (χ4n) is 1.76. The highest BCUT2D eigenvalue weighted by molar-refractivity contribution is 7.99. The van der Waals surface area contributed by atoms with Gasteiger partial charge < -0.3 is 10.0 Å². The molecule has 14 heavy (non-hydrogen) atoms. The molecule has 0 aromatic carbocycles. The molecule has 1 aliphatic heterocycles. The van der Waals surface area contributed by atoms with E-state index >= 15 is 0 Å². The first-order valence-corrected chi connectivity index (χ1v) is 5.95. The van der Waals surface area contributed by atoms with E-state index in [2.05, 4.69) is 0 Å². The second-order valence-electron chi connectivity index (χ2n) is 3.72. The Hall–Kier alpha value is -0.710. The van der Waals surface area contributed by atoms with Crippen LogP contribution in [0.25, 0.3) is 0 Å². The normalized spacial score (nSPS) is 31.3. The maximum absolute atomic E-state index is 11.7. The predicted octanol–water partition coefficient (Wildman–Crippen LogP) is 0.283. The van der Waals surface area contributed by atoms with Crippen LogP contribution in [0.3, 0.4) is 0 Å². The largest absolute Gasteiger partial charge is 0.481 e. The van der Waals surface area contributed by atoms with E-state index in [1.54, 1.807) is 0 Å². The van der Waals surface area contributed by atoms with Gasteiger partial charge in [-0.1, -0.05) is 0 Å². The standard InChI is InChI=1S/C9H13NO3S/c11-8(6-5-7(6)9(12)13)10-1-3-14-4-2-10/h6-7H,1-5H2,(H,12,13). The summed E-state index contributed by atoms with van der Waals surface area (Å²) in [5.41, 5.74) is 0. The lowest BCUT2D eigenvalue weighted by Gasteiger charge is -2.26. The lowest BCUT2D eigenvalue weighted by molar-refractivity contribution is -0.141. The third kappa shape index (κ3) is 1.87. The fraction of sp³-hybridized carbons (Fsp3) is 0.778. The molecule has 0 aromatic heterocycles. The van der Waals surface area contributed by atoms with Crippen LogP contribution in [0.1, 0.15) is 6.42 Å². The van der Waals surface area contributed by atoms with Crippen molar-refractivity contribution >= 4 is 23.6 Å². The maximum atomic E-state index is 11.7. The first-order valence-electron chi connectivity index (χ1n) is 4.79. The fourth-order valence-corrected chi connectivity index (χ4v) is 2.66. The SMILES string of the molecule is O=C(O)C1CC1C(=O)N1CCSCC1. The molecule has 2 aliphatic rings. The monoisotopic (exact) mass is 215 g/mol. The molecule has 1 N–H and O–H groups in total. The quantitative estimate of drug-likeness (QED) is 0.719. The Balaban J connectivity index is 1.87. The van der Waals surface area contributed by atoms with Crippen molar-refractivity contribution in [3.63, 3.8) is 0 Å². The summed E-state index contributed by atoms with van der Waals surface area (Å²) in [5, 5.41) is 8.70. The van der Waals surface area contributed by atoms with Crippen molar-refractivity contribution in [2.24, 2.45) is 11.8 Å². The van der Waals surface area contributed by atoms with Gasteiger partial charge in [0.25, 0.3) is 0 Å². The average Bonchev–Trinajstić information content (AvgIpc) is 2.97. The minimum absolute atomic E-state index is 0.0534. The van der Waals surface area contributed by atoms with E-state index in [4.69, 9.17) is 5.11 Å². The minimum Gasteiger partial charge on any atom is -0.481 e. The molecule has 1 heterocycles. The second kappa shape index (κ2) is 3.81. The van der Waals surface area contributed by atoms with Gasteiger partial charge in [-0.15, -0.1) is 0 Å². The number of carboxylic acids is 1. The number of carbonyl (C=O) groups is 2. The van der Waals surface area contributed by atoms with Crippen molar-refractivity contribution in [3.05, 3.63) is 0 Å². The lowest BCUT2D eigenvalue weighted by Crippen LogP contribution is -2.39. The van der Waals surface area contributed by atoms with Crippen molar-refractivity contribution in [1.29, 1.82) is 0 Å². The zero-order valence-electron chi connectivity index (χ0n) is 7.81. The summed E-state index contributed by atoms with van der Waals surface area (Å²) >= 11 is 1.85. The van der Waals surface area contributed by atoms with Crippen LogP contribution < -0.4 is 0 Å². The zero-order valence-corrected chi connectivity index (χ0v) is 8.63. The van der Waals surface area contributed by atoms with Crippen molar-refractivity contribution < 1.29 is 14.7 Å². The second-order valence-corrected chi connectivity index (χ2v) is 4.95. The summed E-state index contributed by atoms with van der Waals surface area (Å²) in [7, 11) is 0. The molecule has 0 aromatic rings. The molecule has 4 nitrogen and oxygen atoms in total. The summed E-state index contributed by atoms with van der Waals surface area (Å²) in [6.07, 6.45) is 0.539. The molecular weight excluding hydrogens is 202 g/mol. The van der Waals surface area contributed by atoms with E-state index in [1.807, 2.05) is 16.7 Å². The number of rotatable bonds is 2. The molecule has 0 radical (unpaired) electrons. The Morgan fingerprint density at radius 1 is 1.21 bits per heavy atom. The Labute approximate surface area is 86.6 Å². The molecule has 1 aliphatic carbocycles. The van der Waals surface area contributed by atoms with Crippen molar-refractivity contribution in [2.75, 3.05) is 24.6 Å². The van der Waals surface area contributed by atoms with Crippen LogP contribution in [-0.4, -0.2) is 46.5 Å². The smallest absolute Gasteiger partial charge is 0.307 e. The highest BCUT2D eigenvalue weighted by Crippen LogP contribution is 2.40. The number of hydrogen-bond donors (Lipinski definition) is 1. The number of carboxylic acid groups (broad SMARTS) is 1. The van der Waals surface area contributed by atoms with Gasteiger partial charge >= 0.3 is 5.97 Å². The van der Waals surface area contributed by atoms with Gasteiger partial charge in [0.05, 0.1) is 11.8 Å². The Kier molecular flexibility index (Phi) is 2.67. The highest BCUT2D eigenvalue weighted by atomic mass is 32.2. The lowest BCUT2D eigenvalue weighted by atomic mass is 10.2. The van der Waals surface area contributed by atoms with E-state index < -0.39 is 11.9 Å². The van der Waals surface area contributed by atoms with Gasteiger partial charge in [-0.25, -0.2) is 0 Å². The summed E-state index contributed by atoms with van der Waals surface area (Å²) in [6, 6.07) is 0. The van der Waals surface area contributed by atoms with E-state index in [0.29, 0.717) is 6.42 Å². The number of hydrogen-bond acceptors (Lipinski definition) is 3. The number of thioether (sulfide) groups is 1. The average molecular weight is 215 g/mol. The topological polar surface area (TPSA) is 57.6 Å². The molecule has 0 bridgehead atoms. The highest BCUT2D eigenvalue weighted by Gasteiger charge is 2.49. The molecule has 1 amide bonds. The van der Waals surface area contributed by atoms with E-state index in [1.165, 1.54) is 0 Å². The molecular formula is C9H13NO3S. The number of carbonyl (C=O) groups excluding carboxylic acids is 1. The number of nitrogens with zero attached hydrogens (tertiary/aromatic N) is 1. The van der Waals surface area contributed by atoms with E-state index in [9.17, 15) is 9.59 Å². The first kappa shape index (κ1) is 9.83. The molecule has 1 saturated carbocycles. The molecule has 5 heteroatoms. The molecule has 1 saturated heterocycles. The Bertz CT molecular complexity index is 263. The molecule has 78 valence electrons. The van der Waals surface area contributed by atoms with Gasteiger partial charge in [-0.05, 0) is 6.42 Å². The van der Waals surface area contributed by atoms with Gasteiger partial charge in [0, 0.05) is 24.6 Å². The van der Waals surface area contributed by atoms with Crippen molar-refractivity contribution in [1.82, 2.24) is 4.90 Å².